The monoisotopic (exact) mass is 279 g/mol. The molecule has 3 aliphatic rings. The standard InChI is InChI=1S/C15H25N3O2/c1-2-16-15(20)18-8-7-10(9-18)17-14(19)13-11-5-3-4-6-12(11)13/h10-13H,2-9H2,1H3,(H,16,20)(H,17,19). The Balaban J connectivity index is 1.45. The third-order valence-corrected chi connectivity index (χ3v) is 5.11. The van der Waals surface area contributed by atoms with E-state index in [1.807, 2.05) is 6.92 Å². The van der Waals surface area contributed by atoms with Crippen molar-refractivity contribution in [2.75, 3.05) is 19.6 Å². The number of nitrogens with zero attached hydrogens (tertiary/aromatic N) is 1. The van der Waals surface area contributed by atoms with E-state index in [0.717, 1.165) is 13.0 Å². The molecule has 3 fully saturated rings. The summed E-state index contributed by atoms with van der Waals surface area (Å²) in [4.78, 5) is 25.8. The van der Waals surface area contributed by atoms with Crippen LogP contribution in [0, 0.1) is 17.8 Å². The molecule has 3 unspecified atom stereocenters. The average Bonchev–Trinajstić information content (AvgIpc) is 3.00. The van der Waals surface area contributed by atoms with Gasteiger partial charge in [0.1, 0.15) is 0 Å². The number of fused-ring (bicyclic) bond motifs is 1. The van der Waals surface area contributed by atoms with Gasteiger partial charge in [0.05, 0.1) is 0 Å². The summed E-state index contributed by atoms with van der Waals surface area (Å²) in [6.07, 6.45) is 5.93. The first-order valence-electron chi connectivity index (χ1n) is 8.04. The first-order valence-corrected chi connectivity index (χ1v) is 8.04. The second-order valence-electron chi connectivity index (χ2n) is 6.41. The van der Waals surface area contributed by atoms with Crippen molar-refractivity contribution >= 4 is 11.9 Å². The third kappa shape index (κ3) is 2.63. The number of carbonyl (C=O) groups excluding carboxylic acids is 2. The van der Waals surface area contributed by atoms with Crippen LogP contribution in [0.1, 0.15) is 39.0 Å². The first kappa shape index (κ1) is 13.7. The molecule has 1 saturated heterocycles. The molecule has 1 aliphatic heterocycles. The fourth-order valence-electron chi connectivity index (χ4n) is 4.00. The van der Waals surface area contributed by atoms with Gasteiger partial charge in [-0.1, -0.05) is 12.8 Å². The molecule has 3 amide bonds. The van der Waals surface area contributed by atoms with Crippen molar-refractivity contribution in [1.82, 2.24) is 15.5 Å². The summed E-state index contributed by atoms with van der Waals surface area (Å²) in [6, 6.07) is 0.136. The predicted octanol–water partition coefficient (Wildman–Crippen LogP) is 1.34. The van der Waals surface area contributed by atoms with Crippen molar-refractivity contribution in [2.45, 2.75) is 45.1 Å². The van der Waals surface area contributed by atoms with Gasteiger partial charge in [-0.15, -0.1) is 0 Å². The summed E-state index contributed by atoms with van der Waals surface area (Å²) >= 11 is 0. The fraction of sp³-hybridized carbons (Fsp3) is 0.867. The van der Waals surface area contributed by atoms with Gasteiger partial charge in [-0.05, 0) is 38.0 Å². The van der Waals surface area contributed by atoms with E-state index in [0.29, 0.717) is 24.9 Å². The van der Waals surface area contributed by atoms with Crippen LogP contribution < -0.4 is 10.6 Å². The molecule has 1 heterocycles. The zero-order valence-corrected chi connectivity index (χ0v) is 12.2. The Kier molecular flexibility index (Phi) is 3.85. The Labute approximate surface area is 120 Å². The predicted molar refractivity (Wildman–Crippen MR) is 76.1 cm³/mol. The molecule has 112 valence electrons. The first-order chi connectivity index (χ1) is 9.70. The molecule has 3 atom stereocenters. The van der Waals surface area contributed by atoms with E-state index >= 15 is 0 Å². The van der Waals surface area contributed by atoms with Crippen LogP contribution in [0.4, 0.5) is 4.79 Å². The number of hydrogen-bond donors (Lipinski definition) is 2. The molecular weight excluding hydrogens is 254 g/mol. The zero-order chi connectivity index (χ0) is 14.1. The zero-order valence-electron chi connectivity index (χ0n) is 12.2. The molecule has 0 bridgehead atoms. The van der Waals surface area contributed by atoms with Crippen molar-refractivity contribution in [3.05, 3.63) is 0 Å². The fourth-order valence-corrected chi connectivity index (χ4v) is 4.00. The van der Waals surface area contributed by atoms with E-state index in [2.05, 4.69) is 10.6 Å². The van der Waals surface area contributed by atoms with E-state index in [1.54, 1.807) is 4.90 Å². The van der Waals surface area contributed by atoms with E-state index in [-0.39, 0.29) is 23.9 Å². The van der Waals surface area contributed by atoms with Gasteiger partial charge in [0, 0.05) is 31.6 Å². The van der Waals surface area contributed by atoms with Crippen LogP contribution in [0.5, 0.6) is 0 Å². The van der Waals surface area contributed by atoms with Gasteiger partial charge in [-0.2, -0.15) is 0 Å². The quantitative estimate of drug-likeness (QED) is 0.819. The van der Waals surface area contributed by atoms with Gasteiger partial charge in [0.25, 0.3) is 0 Å². The van der Waals surface area contributed by atoms with Gasteiger partial charge < -0.3 is 15.5 Å². The van der Waals surface area contributed by atoms with Crippen molar-refractivity contribution in [3.63, 3.8) is 0 Å². The highest BCUT2D eigenvalue weighted by Gasteiger charge is 2.54. The smallest absolute Gasteiger partial charge is 0.317 e. The Morgan fingerprint density at radius 3 is 2.50 bits per heavy atom. The minimum Gasteiger partial charge on any atom is -0.351 e. The molecule has 2 N–H and O–H groups in total. The summed E-state index contributed by atoms with van der Waals surface area (Å²) < 4.78 is 0. The van der Waals surface area contributed by atoms with Crippen LogP contribution in [-0.4, -0.2) is 42.5 Å². The van der Waals surface area contributed by atoms with Crippen LogP contribution in [0.15, 0.2) is 0 Å². The lowest BCUT2D eigenvalue weighted by Gasteiger charge is -2.17. The van der Waals surface area contributed by atoms with Crippen molar-refractivity contribution < 1.29 is 9.59 Å². The number of carbonyl (C=O) groups is 2. The van der Waals surface area contributed by atoms with Crippen molar-refractivity contribution in [2.24, 2.45) is 17.8 Å². The van der Waals surface area contributed by atoms with Crippen LogP contribution >= 0.6 is 0 Å². The molecule has 0 radical (unpaired) electrons. The van der Waals surface area contributed by atoms with Crippen LogP contribution in [0.3, 0.4) is 0 Å². The van der Waals surface area contributed by atoms with Gasteiger partial charge in [0.2, 0.25) is 5.91 Å². The lowest BCUT2D eigenvalue weighted by molar-refractivity contribution is -0.123. The van der Waals surface area contributed by atoms with E-state index in [4.69, 9.17) is 0 Å². The number of amides is 3. The Morgan fingerprint density at radius 1 is 1.15 bits per heavy atom. The van der Waals surface area contributed by atoms with Crippen LogP contribution in [0.2, 0.25) is 0 Å². The molecular formula is C15H25N3O2. The maximum atomic E-state index is 12.3. The summed E-state index contributed by atoms with van der Waals surface area (Å²) in [6.45, 7) is 3.97. The average molecular weight is 279 g/mol. The summed E-state index contributed by atoms with van der Waals surface area (Å²) in [5.41, 5.74) is 0. The van der Waals surface area contributed by atoms with E-state index in [1.165, 1.54) is 25.7 Å². The molecule has 2 saturated carbocycles. The van der Waals surface area contributed by atoms with Gasteiger partial charge >= 0.3 is 6.03 Å². The number of urea groups is 1. The van der Waals surface area contributed by atoms with Crippen molar-refractivity contribution in [3.8, 4) is 0 Å². The molecule has 5 nitrogen and oxygen atoms in total. The highest BCUT2D eigenvalue weighted by molar-refractivity contribution is 5.83. The second kappa shape index (κ2) is 5.62. The molecule has 0 aromatic heterocycles. The Bertz CT molecular complexity index is 387. The highest BCUT2D eigenvalue weighted by atomic mass is 16.2. The third-order valence-electron chi connectivity index (χ3n) is 5.11. The van der Waals surface area contributed by atoms with E-state index in [9.17, 15) is 9.59 Å². The summed E-state index contributed by atoms with van der Waals surface area (Å²) in [5.74, 6) is 1.83. The van der Waals surface area contributed by atoms with Crippen LogP contribution in [0.25, 0.3) is 0 Å². The molecule has 2 aliphatic carbocycles. The normalized spacial score (nSPS) is 35.4. The minimum absolute atomic E-state index is 0.00987. The van der Waals surface area contributed by atoms with Gasteiger partial charge in [0.15, 0.2) is 0 Å². The summed E-state index contributed by atoms with van der Waals surface area (Å²) in [7, 11) is 0. The SMILES string of the molecule is CCNC(=O)N1CCC(NC(=O)C2C3CCCCC32)C1. The topological polar surface area (TPSA) is 61.4 Å². The Morgan fingerprint density at radius 2 is 1.85 bits per heavy atom. The molecule has 0 aromatic rings. The maximum Gasteiger partial charge on any atom is 0.317 e. The number of likely N-dealkylation sites (tertiary alicyclic amines) is 1. The van der Waals surface area contributed by atoms with Gasteiger partial charge in [-0.25, -0.2) is 4.79 Å². The van der Waals surface area contributed by atoms with Crippen LogP contribution in [-0.2, 0) is 4.79 Å². The molecule has 0 spiro atoms. The molecule has 5 heteroatoms. The molecule has 3 rings (SSSR count). The Hall–Kier alpha value is -1.26. The maximum absolute atomic E-state index is 12.3. The minimum atomic E-state index is -0.00987. The highest BCUT2D eigenvalue weighted by Crippen LogP contribution is 2.55. The summed E-state index contributed by atoms with van der Waals surface area (Å²) in [5, 5.41) is 5.97. The molecule has 20 heavy (non-hydrogen) atoms. The molecule has 0 aromatic carbocycles. The number of rotatable bonds is 3. The van der Waals surface area contributed by atoms with Crippen molar-refractivity contribution in [1.29, 1.82) is 0 Å². The lowest BCUT2D eigenvalue weighted by Crippen LogP contribution is -2.42. The number of hydrogen-bond acceptors (Lipinski definition) is 2. The van der Waals surface area contributed by atoms with E-state index < -0.39 is 0 Å². The van der Waals surface area contributed by atoms with Gasteiger partial charge in [-0.3, -0.25) is 4.79 Å². The lowest BCUT2D eigenvalue weighted by atomic mass is 10.0. The second-order valence-corrected chi connectivity index (χ2v) is 6.41. The number of nitrogens with one attached hydrogen (secondary N) is 2. The largest absolute Gasteiger partial charge is 0.351 e.